The molecular formula is C19H32N4O2. The molecule has 1 unspecified atom stereocenters. The van der Waals surface area contributed by atoms with E-state index in [1.165, 1.54) is 25.9 Å². The lowest BCUT2D eigenvalue weighted by Crippen LogP contribution is -2.35. The molecule has 0 bridgehead atoms. The van der Waals surface area contributed by atoms with Gasteiger partial charge in [0.05, 0.1) is 25.4 Å². The number of guanidine groups is 1. The molecule has 1 aliphatic heterocycles. The second-order valence-electron chi connectivity index (χ2n) is 6.18. The fraction of sp³-hybridized carbons (Fsp3) is 0.632. The number of aliphatic imine (C=N–C) groups is 1. The molecule has 1 aromatic carbocycles. The Labute approximate surface area is 151 Å². The molecule has 1 heterocycles. The predicted molar refractivity (Wildman–Crippen MR) is 104 cm³/mol. The second-order valence-corrected chi connectivity index (χ2v) is 6.18. The van der Waals surface area contributed by atoms with Crippen molar-refractivity contribution in [2.75, 3.05) is 38.2 Å². The van der Waals surface area contributed by atoms with Crippen LogP contribution in [0.2, 0.25) is 0 Å². The van der Waals surface area contributed by atoms with Crippen molar-refractivity contribution < 1.29 is 9.47 Å². The van der Waals surface area contributed by atoms with Crippen LogP contribution in [0, 0.1) is 0 Å². The molecule has 140 valence electrons. The summed E-state index contributed by atoms with van der Waals surface area (Å²) in [6.07, 6.45) is 3.66. The predicted octanol–water partition coefficient (Wildman–Crippen LogP) is 3.09. The molecule has 6 nitrogen and oxygen atoms in total. The van der Waals surface area contributed by atoms with Gasteiger partial charge in [0.2, 0.25) is 0 Å². The summed E-state index contributed by atoms with van der Waals surface area (Å²) >= 11 is 0. The van der Waals surface area contributed by atoms with Crippen LogP contribution in [0.4, 0.5) is 5.69 Å². The highest BCUT2D eigenvalue weighted by Crippen LogP contribution is 2.29. The van der Waals surface area contributed by atoms with Gasteiger partial charge in [-0.1, -0.05) is 6.92 Å². The van der Waals surface area contributed by atoms with Crippen LogP contribution >= 0.6 is 0 Å². The van der Waals surface area contributed by atoms with Gasteiger partial charge in [-0.2, -0.15) is 0 Å². The summed E-state index contributed by atoms with van der Waals surface area (Å²) in [5, 5.41) is 3.17. The minimum absolute atomic E-state index is 0.409. The lowest BCUT2D eigenvalue weighted by molar-refractivity contribution is 0.242. The molecule has 1 aromatic rings. The number of nitrogens with one attached hydrogen (secondary N) is 1. The Morgan fingerprint density at radius 1 is 1.20 bits per heavy atom. The number of rotatable bonds is 9. The maximum atomic E-state index is 6.12. The van der Waals surface area contributed by atoms with Gasteiger partial charge < -0.3 is 20.5 Å². The van der Waals surface area contributed by atoms with Gasteiger partial charge in [0, 0.05) is 12.1 Å². The van der Waals surface area contributed by atoms with E-state index < -0.39 is 0 Å². The summed E-state index contributed by atoms with van der Waals surface area (Å²) in [6, 6.07) is 6.15. The van der Waals surface area contributed by atoms with Crippen molar-refractivity contribution in [1.82, 2.24) is 4.90 Å². The van der Waals surface area contributed by atoms with E-state index in [9.17, 15) is 0 Å². The van der Waals surface area contributed by atoms with Crippen LogP contribution in [0.3, 0.4) is 0 Å². The van der Waals surface area contributed by atoms with Crippen LogP contribution in [0.25, 0.3) is 0 Å². The van der Waals surface area contributed by atoms with E-state index in [1.807, 2.05) is 32.0 Å². The molecular weight excluding hydrogens is 316 g/mol. The first kappa shape index (κ1) is 19.4. The van der Waals surface area contributed by atoms with E-state index in [4.69, 9.17) is 15.2 Å². The summed E-state index contributed by atoms with van der Waals surface area (Å²) < 4.78 is 11.2. The molecule has 0 amide bonds. The van der Waals surface area contributed by atoms with Crippen molar-refractivity contribution in [1.29, 1.82) is 0 Å². The molecule has 1 aliphatic rings. The zero-order chi connectivity index (χ0) is 18.1. The lowest BCUT2D eigenvalue weighted by Gasteiger charge is -2.24. The highest BCUT2D eigenvalue weighted by atomic mass is 16.5. The van der Waals surface area contributed by atoms with Crippen molar-refractivity contribution in [3.8, 4) is 11.5 Å². The quantitative estimate of drug-likeness (QED) is 0.530. The summed E-state index contributed by atoms with van der Waals surface area (Å²) in [4.78, 5) is 7.07. The maximum Gasteiger partial charge on any atom is 0.193 e. The van der Waals surface area contributed by atoms with Crippen molar-refractivity contribution in [3.05, 3.63) is 18.2 Å². The highest BCUT2D eigenvalue weighted by Gasteiger charge is 2.20. The Bertz CT molecular complexity index is 556. The van der Waals surface area contributed by atoms with Crippen molar-refractivity contribution in [2.45, 2.75) is 46.1 Å². The van der Waals surface area contributed by atoms with Gasteiger partial charge in [0.1, 0.15) is 11.5 Å². The standard InChI is InChI=1S/C19H32N4O2/c1-4-15(23-11-7-8-12-23)14-21-19(20)22-17-13-16(24-5-2)9-10-18(17)25-6-3/h9-10,13,15H,4-8,11-12,14H2,1-3H3,(H3,20,21,22). The highest BCUT2D eigenvalue weighted by molar-refractivity contribution is 5.94. The molecule has 0 radical (unpaired) electrons. The average molecular weight is 348 g/mol. The largest absolute Gasteiger partial charge is 0.494 e. The SMILES string of the molecule is CCOc1ccc(OCC)c(NC(N)=NCC(CC)N2CCCC2)c1. The Morgan fingerprint density at radius 3 is 2.56 bits per heavy atom. The molecule has 0 aromatic heterocycles. The van der Waals surface area contributed by atoms with Crippen LogP contribution in [0.1, 0.15) is 40.0 Å². The number of hydrogen-bond acceptors (Lipinski definition) is 4. The molecule has 25 heavy (non-hydrogen) atoms. The van der Waals surface area contributed by atoms with Crippen molar-refractivity contribution in [2.24, 2.45) is 10.7 Å². The smallest absolute Gasteiger partial charge is 0.193 e. The molecule has 3 N–H and O–H groups in total. The monoisotopic (exact) mass is 348 g/mol. The van der Waals surface area contributed by atoms with Crippen LogP contribution in [-0.2, 0) is 0 Å². The summed E-state index contributed by atoms with van der Waals surface area (Å²) in [6.45, 7) is 10.4. The number of nitrogens with two attached hydrogens (primary N) is 1. The van der Waals surface area contributed by atoms with E-state index in [1.54, 1.807) is 0 Å². The first-order valence-electron chi connectivity index (χ1n) is 9.38. The molecule has 0 spiro atoms. The molecule has 0 saturated carbocycles. The minimum Gasteiger partial charge on any atom is -0.494 e. The van der Waals surface area contributed by atoms with Crippen molar-refractivity contribution >= 4 is 11.6 Å². The number of anilines is 1. The first-order chi connectivity index (χ1) is 12.2. The number of benzene rings is 1. The second kappa shape index (κ2) is 10.1. The normalized spacial score (nSPS) is 16.7. The fourth-order valence-corrected chi connectivity index (χ4v) is 3.14. The van der Waals surface area contributed by atoms with Crippen LogP contribution < -0.4 is 20.5 Å². The molecule has 1 saturated heterocycles. The third-order valence-electron chi connectivity index (χ3n) is 4.43. The fourth-order valence-electron chi connectivity index (χ4n) is 3.14. The van der Waals surface area contributed by atoms with E-state index in [0.717, 1.165) is 23.6 Å². The van der Waals surface area contributed by atoms with E-state index in [2.05, 4.69) is 22.1 Å². The van der Waals surface area contributed by atoms with E-state index >= 15 is 0 Å². The van der Waals surface area contributed by atoms with Crippen LogP contribution in [0.5, 0.6) is 11.5 Å². The minimum atomic E-state index is 0.409. The van der Waals surface area contributed by atoms with Crippen molar-refractivity contribution in [3.63, 3.8) is 0 Å². The Kier molecular flexibility index (Phi) is 7.85. The van der Waals surface area contributed by atoms with Gasteiger partial charge in [-0.15, -0.1) is 0 Å². The molecule has 1 fully saturated rings. The van der Waals surface area contributed by atoms with Gasteiger partial charge in [0.25, 0.3) is 0 Å². The molecule has 1 atom stereocenters. The van der Waals surface area contributed by atoms with Gasteiger partial charge >= 0.3 is 0 Å². The Hall–Kier alpha value is -1.95. The molecule has 2 rings (SSSR count). The summed E-state index contributed by atoms with van der Waals surface area (Å²) in [5.41, 5.74) is 6.90. The number of hydrogen-bond donors (Lipinski definition) is 2. The van der Waals surface area contributed by atoms with E-state index in [0.29, 0.717) is 31.8 Å². The van der Waals surface area contributed by atoms with Gasteiger partial charge in [-0.25, -0.2) is 0 Å². The zero-order valence-electron chi connectivity index (χ0n) is 15.8. The third kappa shape index (κ3) is 5.81. The number of ether oxygens (including phenoxy) is 2. The lowest BCUT2D eigenvalue weighted by atomic mass is 10.2. The maximum absolute atomic E-state index is 6.12. The molecule has 6 heteroatoms. The Balaban J connectivity index is 2.03. The first-order valence-corrected chi connectivity index (χ1v) is 9.38. The average Bonchev–Trinajstić information content (AvgIpc) is 3.12. The number of nitrogens with zero attached hydrogens (tertiary/aromatic N) is 2. The van der Waals surface area contributed by atoms with Gasteiger partial charge in [-0.05, 0) is 58.3 Å². The third-order valence-corrected chi connectivity index (χ3v) is 4.43. The van der Waals surface area contributed by atoms with E-state index in [-0.39, 0.29) is 0 Å². The van der Waals surface area contributed by atoms with Gasteiger partial charge in [0.15, 0.2) is 5.96 Å². The Morgan fingerprint density at radius 2 is 1.92 bits per heavy atom. The topological polar surface area (TPSA) is 72.1 Å². The molecule has 0 aliphatic carbocycles. The van der Waals surface area contributed by atoms with Crippen LogP contribution in [0.15, 0.2) is 23.2 Å². The summed E-state index contributed by atoms with van der Waals surface area (Å²) in [7, 11) is 0. The van der Waals surface area contributed by atoms with Crippen LogP contribution in [-0.4, -0.2) is 49.7 Å². The zero-order valence-corrected chi connectivity index (χ0v) is 15.8. The summed E-state index contributed by atoms with van der Waals surface area (Å²) in [5.74, 6) is 1.94. The van der Waals surface area contributed by atoms with Gasteiger partial charge in [-0.3, -0.25) is 9.89 Å². The number of likely N-dealkylation sites (tertiary alicyclic amines) is 1.